The van der Waals surface area contributed by atoms with Crippen LogP contribution in [0.1, 0.15) is 0 Å². The van der Waals surface area contributed by atoms with Crippen LogP contribution in [0.25, 0.3) is 21.5 Å². The molecule has 0 aliphatic heterocycles. The molecule has 6 aromatic rings. The first kappa shape index (κ1) is 41.2. The van der Waals surface area contributed by atoms with E-state index in [4.69, 9.17) is 17.2 Å². The van der Waals surface area contributed by atoms with Crippen LogP contribution in [0.4, 0.5) is 51.2 Å². The molecule has 0 bridgehead atoms. The van der Waals surface area contributed by atoms with Crippen molar-refractivity contribution in [2.75, 3.05) is 17.2 Å². The van der Waals surface area contributed by atoms with E-state index < -0.39 is 47.2 Å². The van der Waals surface area contributed by atoms with Crippen molar-refractivity contribution in [2.45, 2.75) is 9.79 Å². The quantitative estimate of drug-likeness (QED) is 0.0619. The van der Waals surface area contributed by atoms with Crippen LogP contribution in [0.15, 0.2) is 131 Å². The summed E-state index contributed by atoms with van der Waals surface area (Å²) in [6.45, 7) is 0. The minimum absolute atomic E-state index is 0. The summed E-state index contributed by atoms with van der Waals surface area (Å²) in [6, 6.07) is 20.4. The van der Waals surface area contributed by atoms with Gasteiger partial charge in [0.2, 0.25) is 0 Å². The third kappa shape index (κ3) is 9.16. The van der Waals surface area contributed by atoms with Crippen LogP contribution in [0.5, 0.6) is 11.5 Å². The second-order valence-corrected chi connectivity index (χ2v) is 13.7. The molecule has 0 saturated heterocycles. The SMILES string of the molecule is Nc1ccc(N=Nc2ccc3cc(S(=O)(=O)O)c(N=Nc4ccc(N=Nc5c(N)ccc6cc(S(=O)(=O)O)cc([O-])c56)cc4)c([O-])c3c2)c(N)c1.[Na+].[Na+]. The van der Waals surface area contributed by atoms with Crippen LogP contribution < -0.4 is 86.5 Å². The molecule has 6 aromatic carbocycles. The molecule has 8 N–H and O–H groups in total. The van der Waals surface area contributed by atoms with E-state index in [-0.39, 0.29) is 115 Å². The Hall–Kier alpha value is -4.54. The molecule has 0 aliphatic rings. The number of rotatable bonds is 8. The standard InChI is InChI=1S/C32H25N9O8S2.2Na/c33-18-3-10-26(25(35)13-18)39-38-21-4-1-16-12-28(51(47,48)49)31(32(43)23(16)14-21)41-37-20-7-5-19(6-8-20)36-40-30-24(34)9-2-17-11-22(50(44,45)46)15-27(42)29(17)30;;/h1-15,42-43H,33-35H2,(H,44,45,46)(H,47,48,49);;/q;2*+1/p-2. The van der Waals surface area contributed by atoms with Crippen LogP contribution in [-0.2, 0) is 20.2 Å². The monoisotopic (exact) mass is 771 g/mol. The van der Waals surface area contributed by atoms with Crippen LogP contribution in [0.3, 0.4) is 0 Å². The molecule has 0 saturated carbocycles. The van der Waals surface area contributed by atoms with E-state index in [2.05, 4.69) is 30.7 Å². The number of fused-ring (bicyclic) bond motifs is 2. The first-order chi connectivity index (χ1) is 24.1. The summed E-state index contributed by atoms with van der Waals surface area (Å²) in [5.41, 5.74) is 18.7. The number of hydrogen-bond donors (Lipinski definition) is 5. The van der Waals surface area contributed by atoms with Gasteiger partial charge in [0.05, 0.1) is 39.0 Å². The van der Waals surface area contributed by atoms with E-state index in [1.165, 1.54) is 60.7 Å². The molecule has 0 amide bonds. The van der Waals surface area contributed by atoms with Gasteiger partial charge < -0.3 is 27.4 Å². The van der Waals surface area contributed by atoms with Gasteiger partial charge in [-0.1, -0.05) is 23.6 Å². The van der Waals surface area contributed by atoms with Gasteiger partial charge in [-0.2, -0.15) is 32.2 Å². The Bertz CT molecular complexity index is 2710. The topological polar surface area (TPSA) is 307 Å². The van der Waals surface area contributed by atoms with Crippen LogP contribution in [0, 0.1) is 0 Å². The van der Waals surface area contributed by atoms with Crippen molar-refractivity contribution in [3.63, 3.8) is 0 Å². The van der Waals surface area contributed by atoms with Crippen molar-refractivity contribution >= 4 is 93.0 Å². The van der Waals surface area contributed by atoms with Gasteiger partial charge in [0.25, 0.3) is 20.2 Å². The molecule has 0 radical (unpaired) electrons. The van der Waals surface area contributed by atoms with E-state index in [1.54, 1.807) is 12.1 Å². The molecule has 0 fully saturated rings. The predicted octanol–water partition coefficient (Wildman–Crippen LogP) is 0.634. The zero-order chi connectivity index (χ0) is 36.7. The van der Waals surface area contributed by atoms with Crippen LogP contribution in [-0.4, -0.2) is 25.9 Å². The Kier molecular flexibility index (Phi) is 12.6. The largest absolute Gasteiger partial charge is 1.00 e. The van der Waals surface area contributed by atoms with Gasteiger partial charge in [-0.25, -0.2) is 0 Å². The second kappa shape index (κ2) is 16.2. The summed E-state index contributed by atoms with van der Waals surface area (Å²) >= 11 is 0. The maximum absolute atomic E-state index is 13.5. The molecule has 0 heterocycles. The van der Waals surface area contributed by atoms with Crippen LogP contribution >= 0.6 is 0 Å². The molecule has 0 aromatic heterocycles. The maximum atomic E-state index is 13.5. The number of hydrogen-bond acceptors (Lipinski definition) is 15. The second-order valence-electron chi connectivity index (χ2n) is 10.9. The molecule has 21 heteroatoms. The smallest absolute Gasteiger partial charge is 0.872 e. The predicted molar refractivity (Wildman–Crippen MR) is 185 cm³/mol. The van der Waals surface area contributed by atoms with Crippen molar-refractivity contribution in [3.05, 3.63) is 91.0 Å². The summed E-state index contributed by atoms with van der Waals surface area (Å²) in [6.07, 6.45) is 0. The summed E-state index contributed by atoms with van der Waals surface area (Å²) in [7, 11) is -9.54. The number of benzene rings is 6. The maximum Gasteiger partial charge on any atom is 1.00 e. The normalized spacial score (nSPS) is 12.1. The number of nitrogen functional groups attached to an aromatic ring is 3. The van der Waals surface area contributed by atoms with Gasteiger partial charge in [0, 0.05) is 11.1 Å². The number of anilines is 3. The van der Waals surface area contributed by atoms with Gasteiger partial charge in [-0.05, 0) is 95.0 Å². The van der Waals surface area contributed by atoms with Gasteiger partial charge in [-0.15, -0.1) is 15.3 Å². The van der Waals surface area contributed by atoms with E-state index in [0.29, 0.717) is 11.4 Å². The molecular formula is C32H23N9Na2O8S2. The molecule has 0 spiro atoms. The molecule has 0 atom stereocenters. The first-order valence-electron chi connectivity index (χ1n) is 14.3. The van der Waals surface area contributed by atoms with Crippen LogP contribution in [0.2, 0.25) is 0 Å². The van der Waals surface area contributed by atoms with E-state index >= 15 is 0 Å². The Balaban J connectivity index is 0.00000314. The third-order valence-corrected chi connectivity index (χ3v) is 9.06. The van der Waals surface area contributed by atoms with Gasteiger partial charge in [0.15, 0.2) is 0 Å². The molecule has 0 unspecified atom stereocenters. The Labute approximate surface area is 345 Å². The molecule has 53 heavy (non-hydrogen) atoms. The first-order valence-corrected chi connectivity index (χ1v) is 17.2. The minimum Gasteiger partial charge on any atom is -0.872 e. The van der Waals surface area contributed by atoms with Crippen molar-refractivity contribution in [1.82, 2.24) is 0 Å². The molecule has 6 rings (SSSR count). The fourth-order valence-electron chi connectivity index (χ4n) is 4.90. The van der Waals surface area contributed by atoms with Crippen molar-refractivity contribution in [2.24, 2.45) is 30.7 Å². The third-order valence-electron chi connectivity index (χ3n) is 7.36. The van der Waals surface area contributed by atoms with Gasteiger partial charge in [-0.3, -0.25) is 9.11 Å². The fraction of sp³-hybridized carbons (Fsp3) is 0. The van der Waals surface area contributed by atoms with Crippen molar-refractivity contribution in [1.29, 1.82) is 0 Å². The average molecular weight is 772 g/mol. The molecular weight excluding hydrogens is 749 g/mol. The Morgan fingerprint density at radius 3 is 1.74 bits per heavy atom. The molecule has 258 valence electrons. The summed E-state index contributed by atoms with van der Waals surface area (Å²) in [5.74, 6) is -1.61. The number of azo groups is 3. The zero-order valence-electron chi connectivity index (χ0n) is 27.7. The molecule has 17 nitrogen and oxygen atoms in total. The van der Waals surface area contributed by atoms with E-state index in [9.17, 15) is 36.2 Å². The molecule has 0 aliphatic carbocycles. The minimum atomic E-state index is -4.91. The summed E-state index contributed by atoms with van der Waals surface area (Å²) in [5, 5.41) is 50.7. The van der Waals surface area contributed by atoms with Gasteiger partial charge in [0.1, 0.15) is 16.3 Å². The fourth-order valence-corrected chi connectivity index (χ4v) is 6.09. The average Bonchev–Trinajstić information content (AvgIpc) is 3.06. The summed E-state index contributed by atoms with van der Waals surface area (Å²) < 4.78 is 66.8. The Morgan fingerprint density at radius 2 is 1.13 bits per heavy atom. The van der Waals surface area contributed by atoms with Crippen molar-refractivity contribution < 1.29 is 95.3 Å². The summed E-state index contributed by atoms with van der Waals surface area (Å²) in [4.78, 5) is -1.34. The van der Waals surface area contributed by atoms with E-state index in [1.807, 2.05) is 0 Å². The number of nitrogens with zero attached hydrogens (tertiary/aromatic N) is 6. The Morgan fingerprint density at radius 1 is 0.547 bits per heavy atom. The number of nitrogens with two attached hydrogens (primary N) is 3. The zero-order valence-corrected chi connectivity index (χ0v) is 33.4. The van der Waals surface area contributed by atoms with E-state index in [0.717, 1.165) is 18.2 Å². The van der Waals surface area contributed by atoms with Gasteiger partial charge >= 0.3 is 59.1 Å². The van der Waals surface area contributed by atoms with Crippen molar-refractivity contribution in [3.8, 4) is 11.5 Å².